The maximum Gasteiger partial charge on any atom is 0.317 e. The second-order valence-electron chi connectivity index (χ2n) is 9.67. The van der Waals surface area contributed by atoms with Gasteiger partial charge >= 0.3 is 11.9 Å². The van der Waals surface area contributed by atoms with Crippen LogP contribution in [0.4, 0.5) is 0 Å². The number of nitrogens with one attached hydrogen (secondary N) is 1. The summed E-state index contributed by atoms with van der Waals surface area (Å²) in [6, 6.07) is 0. The summed E-state index contributed by atoms with van der Waals surface area (Å²) in [4.78, 5) is 54.3. The number of carbonyl (C=O) groups excluding carboxylic acids is 2. The monoisotopic (exact) mass is 498 g/mol. The molecule has 2 aliphatic rings. The van der Waals surface area contributed by atoms with Crippen LogP contribution in [0.25, 0.3) is 0 Å². The fourth-order valence-corrected chi connectivity index (χ4v) is 4.72. The van der Waals surface area contributed by atoms with Crippen molar-refractivity contribution in [2.75, 3.05) is 85.1 Å². The molecule has 200 valence electrons. The van der Waals surface area contributed by atoms with Crippen molar-refractivity contribution in [3.63, 3.8) is 0 Å². The molecule has 0 bridgehead atoms. The van der Waals surface area contributed by atoms with Gasteiger partial charge in [0.05, 0.1) is 26.2 Å². The minimum Gasteiger partial charge on any atom is -0.480 e. The fourth-order valence-electron chi connectivity index (χ4n) is 4.72. The summed E-state index contributed by atoms with van der Waals surface area (Å²) in [6.45, 7) is 4.11. The quantitative estimate of drug-likeness (QED) is 0.281. The average molecular weight is 499 g/mol. The Kier molecular flexibility index (Phi) is 13.0. The molecule has 0 aromatic carbocycles. The summed E-state index contributed by atoms with van der Waals surface area (Å²) in [5.74, 6) is -1.91. The first-order chi connectivity index (χ1) is 16.7. The molecule has 0 radical (unpaired) electrons. The lowest BCUT2D eigenvalue weighted by Crippen LogP contribution is -2.50. The summed E-state index contributed by atoms with van der Waals surface area (Å²) in [6.07, 6.45) is 5.97. The molecule has 12 heteroatoms. The molecule has 2 amide bonds. The molecule has 35 heavy (non-hydrogen) atoms. The van der Waals surface area contributed by atoms with Gasteiger partial charge in [-0.05, 0) is 18.8 Å². The highest BCUT2D eigenvalue weighted by molar-refractivity contribution is 5.78. The number of aliphatic carboxylic acids is 2. The van der Waals surface area contributed by atoms with Crippen LogP contribution in [0.2, 0.25) is 0 Å². The number of carboxylic acids is 2. The van der Waals surface area contributed by atoms with Crippen LogP contribution in [-0.4, -0.2) is 139 Å². The molecule has 12 nitrogen and oxygen atoms in total. The van der Waals surface area contributed by atoms with Crippen LogP contribution >= 0.6 is 0 Å². The lowest BCUT2D eigenvalue weighted by Gasteiger charge is -2.33. The first-order valence-electron chi connectivity index (χ1n) is 12.6. The number of primary amides is 1. The Hall–Kier alpha value is -2.28. The maximum atomic E-state index is 12.7. The van der Waals surface area contributed by atoms with E-state index in [0.717, 1.165) is 12.8 Å². The minimum absolute atomic E-state index is 0.0229. The normalized spacial score (nSPS) is 21.0. The predicted octanol–water partition coefficient (Wildman–Crippen LogP) is -1.44. The fraction of sp³-hybridized carbons (Fsp3) is 0.826. The van der Waals surface area contributed by atoms with Crippen LogP contribution in [0.3, 0.4) is 0 Å². The van der Waals surface area contributed by atoms with Crippen molar-refractivity contribution in [2.24, 2.45) is 11.7 Å². The molecular formula is C23H42N6O6. The number of amides is 2. The Balaban J connectivity index is 2.02. The second-order valence-corrected chi connectivity index (χ2v) is 9.67. The van der Waals surface area contributed by atoms with Crippen molar-refractivity contribution in [2.45, 2.75) is 32.1 Å². The molecule has 0 aromatic heterocycles. The topological polar surface area (TPSA) is 160 Å². The summed E-state index contributed by atoms with van der Waals surface area (Å²) in [5.41, 5.74) is 5.37. The number of nitrogens with zero attached hydrogens (tertiary/aromatic N) is 4. The molecule has 1 saturated carbocycles. The zero-order valence-corrected chi connectivity index (χ0v) is 20.7. The third-order valence-corrected chi connectivity index (χ3v) is 6.71. The van der Waals surface area contributed by atoms with E-state index in [1.807, 2.05) is 9.80 Å². The van der Waals surface area contributed by atoms with Gasteiger partial charge in [0.2, 0.25) is 11.8 Å². The van der Waals surface area contributed by atoms with Gasteiger partial charge in [0, 0.05) is 58.9 Å². The van der Waals surface area contributed by atoms with Crippen molar-refractivity contribution >= 4 is 23.8 Å². The van der Waals surface area contributed by atoms with Crippen LogP contribution in [0, 0.1) is 5.92 Å². The average Bonchev–Trinajstić information content (AvgIpc) is 2.79. The molecule has 0 unspecified atom stereocenters. The zero-order valence-electron chi connectivity index (χ0n) is 20.7. The Bertz CT molecular complexity index is 670. The summed E-state index contributed by atoms with van der Waals surface area (Å²) >= 11 is 0. The smallest absolute Gasteiger partial charge is 0.317 e. The van der Waals surface area contributed by atoms with E-state index >= 15 is 0 Å². The molecule has 0 atom stereocenters. The van der Waals surface area contributed by atoms with Crippen LogP contribution in [0.15, 0.2) is 0 Å². The summed E-state index contributed by atoms with van der Waals surface area (Å²) in [7, 11) is 0. The van der Waals surface area contributed by atoms with Crippen molar-refractivity contribution < 1.29 is 29.4 Å². The summed E-state index contributed by atoms with van der Waals surface area (Å²) < 4.78 is 0. The van der Waals surface area contributed by atoms with E-state index in [-0.39, 0.29) is 32.1 Å². The first-order valence-corrected chi connectivity index (χ1v) is 12.6. The zero-order chi connectivity index (χ0) is 25.6. The van der Waals surface area contributed by atoms with Gasteiger partial charge in [-0.3, -0.25) is 38.8 Å². The Morgan fingerprint density at radius 1 is 0.657 bits per heavy atom. The van der Waals surface area contributed by atoms with Crippen LogP contribution in [0.5, 0.6) is 0 Å². The largest absolute Gasteiger partial charge is 0.480 e. The van der Waals surface area contributed by atoms with Crippen molar-refractivity contribution in [3.05, 3.63) is 0 Å². The third-order valence-electron chi connectivity index (χ3n) is 6.71. The van der Waals surface area contributed by atoms with Gasteiger partial charge in [-0.25, -0.2) is 0 Å². The van der Waals surface area contributed by atoms with Gasteiger partial charge in [-0.2, -0.15) is 0 Å². The number of hydrogen-bond acceptors (Lipinski definition) is 8. The van der Waals surface area contributed by atoms with Crippen LogP contribution in [-0.2, 0) is 19.2 Å². The first kappa shape index (κ1) is 29.0. The third kappa shape index (κ3) is 12.8. The molecule has 0 aromatic rings. The Labute approximate surface area is 207 Å². The molecular weight excluding hydrogens is 456 g/mol. The van der Waals surface area contributed by atoms with E-state index in [2.05, 4.69) is 5.32 Å². The maximum absolute atomic E-state index is 12.7. The lowest BCUT2D eigenvalue weighted by molar-refractivity contribution is -0.139. The predicted molar refractivity (Wildman–Crippen MR) is 130 cm³/mol. The highest BCUT2D eigenvalue weighted by Crippen LogP contribution is 2.22. The van der Waals surface area contributed by atoms with E-state index in [1.165, 1.54) is 19.3 Å². The minimum atomic E-state index is -0.942. The number of carbonyl (C=O) groups is 4. The highest BCUT2D eigenvalue weighted by Gasteiger charge is 2.21. The number of nitrogens with two attached hydrogens (primary N) is 1. The molecule has 2 fully saturated rings. The lowest BCUT2D eigenvalue weighted by atomic mass is 9.89. The van der Waals surface area contributed by atoms with Gasteiger partial charge in [0.25, 0.3) is 0 Å². The van der Waals surface area contributed by atoms with Crippen LogP contribution in [0.1, 0.15) is 32.1 Å². The molecule has 5 N–H and O–H groups in total. The molecule has 1 heterocycles. The van der Waals surface area contributed by atoms with E-state index in [4.69, 9.17) is 5.73 Å². The van der Waals surface area contributed by atoms with Gasteiger partial charge in [-0.15, -0.1) is 0 Å². The second kappa shape index (κ2) is 15.7. The van der Waals surface area contributed by atoms with E-state index < -0.39 is 17.8 Å². The van der Waals surface area contributed by atoms with Gasteiger partial charge in [-0.1, -0.05) is 19.3 Å². The highest BCUT2D eigenvalue weighted by atomic mass is 16.4. The molecule has 1 aliphatic carbocycles. The van der Waals surface area contributed by atoms with E-state index in [1.54, 1.807) is 9.80 Å². The molecule has 2 rings (SSSR count). The van der Waals surface area contributed by atoms with Gasteiger partial charge in [0.15, 0.2) is 0 Å². The molecule has 0 spiro atoms. The van der Waals surface area contributed by atoms with Crippen molar-refractivity contribution in [1.82, 2.24) is 24.9 Å². The Morgan fingerprint density at radius 3 is 1.46 bits per heavy atom. The number of hydrogen-bond donors (Lipinski definition) is 4. The Morgan fingerprint density at radius 2 is 1.06 bits per heavy atom. The summed E-state index contributed by atoms with van der Waals surface area (Å²) in [5, 5.41) is 21.7. The van der Waals surface area contributed by atoms with E-state index in [0.29, 0.717) is 64.8 Å². The van der Waals surface area contributed by atoms with Gasteiger partial charge < -0.3 is 21.3 Å². The van der Waals surface area contributed by atoms with Gasteiger partial charge in [0.1, 0.15) is 0 Å². The molecule has 1 saturated heterocycles. The van der Waals surface area contributed by atoms with Crippen molar-refractivity contribution in [1.29, 1.82) is 0 Å². The number of carboxylic acid groups (broad SMARTS) is 2. The SMILES string of the molecule is NC(=O)CN1CCN(CC(=O)O)CCN(CC(=O)NCC2CCCCC2)CCN(CC(=O)O)CC1. The molecule has 1 aliphatic heterocycles. The number of rotatable bonds is 10. The standard InChI is InChI=1S/C23H42N6O6/c24-20(30)15-26-6-10-28(17-22(32)33)12-8-27(9-13-29(11-7-26)18-23(34)35)16-21(31)25-14-19-4-2-1-3-5-19/h19H,1-18H2,(H2,24,30)(H,25,31)(H,32,33)(H,34,35). The van der Waals surface area contributed by atoms with Crippen molar-refractivity contribution in [3.8, 4) is 0 Å². The van der Waals surface area contributed by atoms with Crippen LogP contribution < -0.4 is 11.1 Å². The van der Waals surface area contributed by atoms with E-state index in [9.17, 15) is 29.4 Å².